The highest BCUT2D eigenvalue weighted by Gasteiger charge is 2.03. The van der Waals surface area contributed by atoms with Gasteiger partial charge in [0, 0.05) is 0 Å². The molecule has 0 saturated carbocycles. The molecule has 0 aliphatic heterocycles. The quantitative estimate of drug-likeness (QED) is 0.653. The van der Waals surface area contributed by atoms with Crippen LogP contribution in [0.25, 0.3) is 0 Å². The first-order valence-corrected chi connectivity index (χ1v) is 4.99. The first-order chi connectivity index (χ1) is 6.24. The summed E-state index contributed by atoms with van der Waals surface area (Å²) < 4.78 is 12.6. The Hall–Kier alpha value is -0.850. The van der Waals surface area contributed by atoms with Crippen LogP contribution in [0, 0.1) is 5.82 Å². The summed E-state index contributed by atoms with van der Waals surface area (Å²) >= 11 is 0. The second kappa shape index (κ2) is 5.00. The molecule has 0 aromatic heterocycles. The Kier molecular flexibility index (Phi) is 3.94. The summed E-state index contributed by atoms with van der Waals surface area (Å²) in [4.78, 5) is 0. The van der Waals surface area contributed by atoms with Crippen LogP contribution in [-0.4, -0.2) is 0 Å². The average Bonchev–Trinajstić information content (AvgIpc) is 2.15. The van der Waals surface area contributed by atoms with Crippen molar-refractivity contribution in [2.45, 2.75) is 39.0 Å². The van der Waals surface area contributed by atoms with E-state index in [1.807, 2.05) is 12.1 Å². The Balaban J connectivity index is 2.55. The van der Waals surface area contributed by atoms with Gasteiger partial charge in [-0.2, -0.15) is 0 Å². The van der Waals surface area contributed by atoms with Gasteiger partial charge < -0.3 is 0 Å². The molecule has 0 spiro atoms. The van der Waals surface area contributed by atoms with Gasteiger partial charge in [-0.3, -0.25) is 0 Å². The molecule has 0 N–H and O–H groups in total. The summed E-state index contributed by atoms with van der Waals surface area (Å²) in [5, 5.41) is 0. The standard InChI is InChI=1S/C12H17F/c1-3-4-5-10(2)11-6-8-12(13)9-7-11/h6-10H,3-5H2,1-2H3/t10-/m1/s1. The maximum atomic E-state index is 12.6. The van der Waals surface area contributed by atoms with Crippen LogP contribution in [0.4, 0.5) is 4.39 Å². The van der Waals surface area contributed by atoms with Crippen LogP contribution in [0.5, 0.6) is 0 Å². The molecule has 0 fully saturated rings. The van der Waals surface area contributed by atoms with Gasteiger partial charge in [-0.15, -0.1) is 0 Å². The summed E-state index contributed by atoms with van der Waals surface area (Å²) in [7, 11) is 0. The van der Waals surface area contributed by atoms with Gasteiger partial charge in [-0.1, -0.05) is 38.8 Å². The fourth-order valence-corrected chi connectivity index (χ4v) is 1.47. The fourth-order valence-electron chi connectivity index (χ4n) is 1.47. The van der Waals surface area contributed by atoms with E-state index in [0.717, 1.165) is 0 Å². The molecule has 72 valence electrons. The molecule has 0 saturated heterocycles. The van der Waals surface area contributed by atoms with Gasteiger partial charge in [0.2, 0.25) is 0 Å². The van der Waals surface area contributed by atoms with E-state index in [1.54, 1.807) is 0 Å². The van der Waals surface area contributed by atoms with Gasteiger partial charge in [0.25, 0.3) is 0 Å². The highest BCUT2D eigenvalue weighted by atomic mass is 19.1. The van der Waals surface area contributed by atoms with Gasteiger partial charge in [0.05, 0.1) is 0 Å². The predicted molar refractivity (Wildman–Crippen MR) is 54.3 cm³/mol. The molecule has 0 radical (unpaired) electrons. The molecule has 1 atom stereocenters. The zero-order valence-corrected chi connectivity index (χ0v) is 8.39. The molecule has 0 bridgehead atoms. The molecule has 0 aliphatic carbocycles. The third-order valence-corrected chi connectivity index (χ3v) is 2.43. The Labute approximate surface area is 79.8 Å². The largest absolute Gasteiger partial charge is 0.207 e. The first kappa shape index (κ1) is 10.2. The lowest BCUT2D eigenvalue weighted by molar-refractivity contribution is 0.611. The molecule has 1 aromatic rings. The maximum absolute atomic E-state index is 12.6. The Morgan fingerprint density at radius 2 is 1.85 bits per heavy atom. The molecule has 0 heterocycles. The Bertz CT molecular complexity index is 238. The van der Waals surface area contributed by atoms with E-state index in [4.69, 9.17) is 0 Å². The highest BCUT2D eigenvalue weighted by Crippen LogP contribution is 2.21. The van der Waals surface area contributed by atoms with Gasteiger partial charge >= 0.3 is 0 Å². The van der Waals surface area contributed by atoms with E-state index in [2.05, 4.69) is 13.8 Å². The number of benzene rings is 1. The van der Waals surface area contributed by atoms with Crippen molar-refractivity contribution in [2.24, 2.45) is 0 Å². The van der Waals surface area contributed by atoms with Crippen LogP contribution in [0.2, 0.25) is 0 Å². The summed E-state index contributed by atoms with van der Waals surface area (Å²) in [5.41, 5.74) is 1.25. The van der Waals surface area contributed by atoms with Gasteiger partial charge in [-0.25, -0.2) is 4.39 Å². The van der Waals surface area contributed by atoms with Crippen LogP contribution >= 0.6 is 0 Å². The molecule has 1 heteroatoms. The molecule has 0 nitrogen and oxygen atoms in total. The van der Waals surface area contributed by atoms with Crippen LogP contribution < -0.4 is 0 Å². The van der Waals surface area contributed by atoms with Crippen molar-refractivity contribution < 1.29 is 4.39 Å². The normalized spacial score (nSPS) is 12.8. The van der Waals surface area contributed by atoms with Crippen molar-refractivity contribution in [1.29, 1.82) is 0 Å². The van der Waals surface area contributed by atoms with Gasteiger partial charge in [0.15, 0.2) is 0 Å². The van der Waals surface area contributed by atoms with E-state index >= 15 is 0 Å². The van der Waals surface area contributed by atoms with E-state index in [9.17, 15) is 4.39 Å². The first-order valence-electron chi connectivity index (χ1n) is 4.99. The predicted octanol–water partition coefficient (Wildman–Crippen LogP) is 4.12. The molecule has 1 aromatic carbocycles. The lowest BCUT2D eigenvalue weighted by Crippen LogP contribution is -1.93. The molecule has 0 unspecified atom stereocenters. The summed E-state index contributed by atoms with van der Waals surface area (Å²) in [6, 6.07) is 6.85. The van der Waals surface area contributed by atoms with Crippen molar-refractivity contribution in [3.05, 3.63) is 35.6 Å². The van der Waals surface area contributed by atoms with E-state index in [-0.39, 0.29) is 5.82 Å². The van der Waals surface area contributed by atoms with Crippen molar-refractivity contribution in [3.63, 3.8) is 0 Å². The number of unbranched alkanes of at least 4 members (excludes halogenated alkanes) is 1. The van der Waals surface area contributed by atoms with E-state index in [1.165, 1.54) is 37.0 Å². The van der Waals surface area contributed by atoms with Gasteiger partial charge in [-0.05, 0) is 30.0 Å². The molecular weight excluding hydrogens is 163 g/mol. The summed E-state index contributed by atoms with van der Waals surface area (Å²) in [6.07, 6.45) is 3.67. The Morgan fingerprint density at radius 3 is 2.38 bits per heavy atom. The average molecular weight is 180 g/mol. The monoisotopic (exact) mass is 180 g/mol. The Morgan fingerprint density at radius 1 is 1.23 bits per heavy atom. The van der Waals surface area contributed by atoms with Crippen LogP contribution in [0.15, 0.2) is 24.3 Å². The van der Waals surface area contributed by atoms with E-state index < -0.39 is 0 Å². The topological polar surface area (TPSA) is 0 Å². The fraction of sp³-hybridized carbons (Fsp3) is 0.500. The van der Waals surface area contributed by atoms with E-state index in [0.29, 0.717) is 5.92 Å². The zero-order chi connectivity index (χ0) is 9.68. The number of rotatable bonds is 4. The molecule has 0 amide bonds. The minimum absolute atomic E-state index is 0.147. The van der Waals surface area contributed by atoms with Crippen LogP contribution in [0.3, 0.4) is 0 Å². The van der Waals surface area contributed by atoms with Gasteiger partial charge in [0.1, 0.15) is 5.82 Å². The lowest BCUT2D eigenvalue weighted by Gasteiger charge is -2.10. The van der Waals surface area contributed by atoms with Crippen LogP contribution in [-0.2, 0) is 0 Å². The highest BCUT2D eigenvalue weighted by molar-refractivity contribution is 5.19. The second-order valence-corrected chi connectivity index (χ2v) is 3.59. The molecule has 1 rings (SSSR count). The summed E-state index contributed by atoms with van der Waals surface area (Å²) in [6.45, 7) is 4.39. The number of hydrogen-bond acceptors (Lipinski definition) is 0. The molecule has 13 heavy (non-hydrogen) atoms. The SMILES string of the molecule is CCCC[C@@H](C)c1ccc(F)cc1. The molecular formula is C12H17F. The minimum Gasteiger partial charge on any atom is -0.207 e. The van der Waals surface area contributed by atoms with Crippen LogP contribution in [0.1, 0.15) is 44.6 Å². The maximum Gasteiger partial charge on any atom is 0.123 e. The summed E-state index contributed by atoms with van der Waals surface area (Å²) in [5.74, 6) is 0.409. The third kappa shape index (κ3) is 3.17. The second-order valence-electron chi connectivity index (χ2n) is 3.59. The van der Waals surface area contributed by atoms with Crippen molar-refractivity contribution in [3.8, 4) is 0 Å². The van der Waals surface area contributed by atoms with Crippen molar-refractivity contribution >= 4 is 0 Å². The van der Waals surface area contributed by atoms with Crippen molar-refractivity contribution in [2.75, 3.05) is 0 Å². The minimum atomic E-state index is -0.147. The number of hydrogen-bond donors (Lipinski definition) is 0. The molecule has 0 aliphatic rings. The third-order valence-electron chi connectivity index (χ3n) is 2.43. The number of halogens is 1. The lowest BCUT2D eigenvalue weighted by atomic mass is 9.96. The zero-order valence-electron chi connectivity index (χ0n) is 8.39. The smallest absolute Gasteiger partial charge is 0.123 e. The van der Waals surface area contributed by atoms with Crippen molar-refractivity contribution in [1.82, 2.24) is 0 Å².